The van der Waals surface area contributed by atoms with E-state index < -0.39 is 11.9 Å². The number of carbonyl (C=O) groups is 2. The SMILES string of the molecule is Cl.Nc1ccc(Cl)c(C(=O)NCCC(=O)O)c1. The van der Waals surface area contributed by atoms with Crippen molar-refractivity contribution in [2.75, 3.05) is 12.3 Å². The fourth-order valence-electron chi connectivity index (χ4n) is 1.10. The first-order chi connectivity index (χ1) is 7.50. The highest BCUT2D eigenvalue weighted by molar-refractivity contribution is 6.34. The Bertz CT molecular complexity index is 424. The van der Waals surface area contributed by atoms with Crippen molar-refractivity contribution in [1.29, 1.82) is 0 Å². The molecule has 94 valence electrons. The van der Waals surface area contributed by atoms with Crippen LogP contribution >= 0.6 is 24.0 Å². The van der Waals surface area contributed by atoms with Crippen LogP contribution in [-0.2, 0) is 4.79 Å². The summed E-state index contributed by atoms with van der Waals surface area (Å²) >= 11 is 5.80. The number of benzene rings is 1. The van der Waals surface area contributed by atoms with E-state index in [1.54, 1.807) is 6.07 Å². The molecule has 0 bridgehead atoms. The summed E-state index contributed by atoms with van der Waals surface area (Å²) in [5, 5.41) is 11.1. The fourth-order valence-corrected chi connectivity index (χ4v) is 1.30. The summed E-state index contributed by atoms with van der Waals surface area (Å²) in [4.78, 5) is 21.8. The monoisotopic (exact) mass is 278 g/mol. The lowest BCUT2D eigenvalue weighted by Crippen LogP contribution is -2.26. The molecule has 0 unspecified atom stereocenters. The van der Waals surface area contributed by atoms with Crippen LogP contribution in [0.3, 0.4) is 0 Å². The molecule has 0 radical (unpaired) electrons. The third kappa shape index (κ3) is 4.93. The van der Waals surface area contributed by atoms with E-state index in [2.05, 4.69) is 5.32 Å². The van der Waals surface area contributed by atoms with Crippen LogP contribution in [0.15, 0.2) is 18.2 Å². The Hall–Kier alpha value is -1.46. The van der Waals surface area contributed by atoms with E-state index in [4.69, 9.17) is 22.4 Å². The molecule has 1 aromatic carbocycles. The number of nitrogen functional groups attached to an aromatic ring is 1. The first-order valence-electron chi connectivity index (χ1n) is 4.55. The topological polar surface area (TPSA) is 92.4 Å². The van der Waals surface area contributed by atoms with E-state index in [1.165, 1.54) is 12.1 Å². The molecule has 7 heteroatoms. The van der Waals surface area contributed by atoms with Gasteiger partial charge in [-0.25, -0.2) is 0 Å². The molecule has 0 aliphatic heterocycles. The number of nitrogens with one attached hydrogen (secondary N) is 1. The number of nitrogens with two attached hydrogens (primary N) is 1. The van der Waals surface area contributed by atoms with Gasteiger partial charge in [0.1, 0.15) is 0 Å². The maximum Gasteiger partial charge on any atom is 0.305 e. The molecule has 0 aliphatic carbocycles. The Kier molecular flexibility index (Phi) is 6.38. The summed E-state index contributed by atoms with van der Waals surface area (Å²) in [6.07, 6.45) is -0.133. The van der Waals surface area contributed by atoms with Crippen LogP contribution < -0.4 is 11.1 Å². The predicted molar refractivity (Wildman–Crippen MR) is 67.7 cm³/mol. The number of amides is 1. The normalized spacial score (nSPS) is 9.24. The second kappa shape index (κ2) is 6.98. The zero-order chi connectivity index (χ0) is 12.1. The summed E-state index contributed by atoms with van der Waals surface area (Å²) in [6.45, 7) is 0.0549. The Morgan fingerprint density at radius 2 is 2.06 bits per heavy atom. The lowest BCUT2D eigenvalue weighted by molar-refractivity contribution is -0.136. The third-order valence-corrected chi connectivity index (χ3v) is 2.19. The number of hydrogen-bond donors (Lipinski definition) is 3. The van der Waals surface area contributed by atoms with Gasteiger partial charge in [-0.3, -0.25) is 9.59 Å². The van der Waals surface area contributed by atoms with Gasteiger partial charge < -0.3 is 16.2 Å². The Balaban J connectivity index is 0.00000256. The van der Waals surface area contributed by atoms with Crippen LogP contribution in [0, 0.1) is 0 Å². The maximum absolute atomic E-state index is 11.6. The van der Waals surface area contributed by atoms with E-state index in [9.17, 15) is 9.59 Å². The summed E-state index contributed by atoms with van der Waals surface area (Å²) in [7, 11) is 0. The minimum Gasteiger partial charge on any atom is -0.481 e. The minimum absolute atomic E-state index is 0. The highest BCUT2D eigenvalue weighted by Crippen LogP contribution is 2.18. The van der Waals surface area contributed by atoms with E-state index in [0.717, 1.165) is 0 Å². The van der Waals surface area contributed by atoms with Crippen LogP contribution in [0.4, 0.5) is 5.69 Å². The quantitative estimate of drug-likeness (QED) is 0.729. The fraction of sp³-hybridized carbons (Fsp3) is 0.200. The molecule has 17 heavy (non-hydrogen) atoms. The van der Waals surface area contributed by atoms with E-state index in [-0.39, 0.29) is 36.0 Å². The van der Waals surface area contributed by atoms with E-state index in [1.807, 2.05) is 0 Å². The van der Waals surface area contributed by atoms with Gasteiger partial charge in [-0.2, -0.15) is 0 Å². The van der Waals surface area contributed by atoms with E-state index in [0.29, 0.717) is 5.69 Å². The first-order valence-corrected chi connectivity index (χ1v) is 4.93. The molecule has 0 fully saturated rings. The van der Waals surface area contributed by atoms with Gasteiger partial charge in [-0.15, -0.1) is 12.4 Å². The largest absolute Gasteiger partial charge is 0.481 e. The minimum atomic E-state index is -0.973. The van der Waals surface area contributed by atoms with Gasteiger partial charge in [0, 0.05) is 12.2 Å². The number of carbonyl (C=O) groups excluding carboxylic acids is 1. The number of carboxylic acid groups (broad SMARTS) is 1. The second-order valence-electron chi connectivity index (χ2n) is 3.14. The lowest BCUT2D eigenvalue weighted by atomic mass is 10.2. The molecule has 0 aromatic heterocycles. The number of rotatable bonds is 4. The molecule has 1 aromatic rings. The van der Waals surface area contributed by atoms with Crippen molar-refractivity contribution in [1.82, 2.24) is 5.32 Å². The van der Waals surface area contributed by atoms with Gasteiger partial charge in [-0.1, -0.05) is 11.6 Å². The highest BCUT2D eigenvalue weighted by atomic mass is 35.5. The van der Waals surface area contributed by atoms with Gasteiger partial charge in [0.15, 0.2) is 0 Å². The molecular formula is C10H12Cl2N2O3. The number of carboxylic acids is 1. The summed E-state index contributed by atoms with van der Waals surface area (Å²) in [5.41, 5.74) is 6.18. The summed E-state index contributed by atoms with van der Waals surface area (Å²) in [6, 6.07) is 4.54. The van der Waals surface area contributed by atoms with Crippen molar-refractivity contribution >= 4 is 41.6 Å². The first kappa shape index (κ1) is 15.5. The van der Waals surface area contributed by atoms with Crippen molar-refractivity contribution in [3.8, 4) is 0 Å². The summed E-state index contributed by atoms with van der Waals surface area (Å²) < 4.78 is 0. The van der Waals surface area contributed by atoms with Gasteiger partial charge in [-0.05, 0) is 18.2 Å². The van der Waals surface area contributed by atoms with Gasteiger partial charge in [0.05, 0.1) is 17.0 Å². The average Bonchev–Trinajstić information content (AvgIpc) is 2.21. The van der Waals surface area contributed by atoms with Crippen molar-refractivity contribution in [3.63, 3.8) is 0 Å². The van der Waals surface area contributed by atoms with Gasteiger partial charge in [0.2, 0.25) is 0 Å². The Morgan fingerprint density at radius 1 is 1.41 bits per heavy atom. The van der Waals surface area contributed by atoms with Crippen LogP contribution in [0.2, 0.25) is 5.02 Å². The number of aliphatic carboxylic acids is 1. The van der Waals surface area contributed by atoms with Crippen molar-refractivity contribution in [2.45, 2.75) is 6.42 Å². The molecule has 0 atom stereocenters. The number of halogens is 2. The number of anilines is 1. The second-order valence-corrected chi connectivity index (χ2v) is 3.55. The molecular weight excluding hydrogens is 267 g/mol. The van der Waals surface area contributed by atoms with Gasteiger partial charge >= 0.3 is 5.97 Å². The van der Waals surface area contributed by atoms with E-state index >= 15 is 0 Å². The summed E-state index contributed by atoms with van der Waals surface area (Å²) in [5.74, 6) is -1.41. The molecule has 0 aliphatic rings. The maximum atomic E-state index is 11.6. The third-order valence-electron chi connectivity index (χ3n) is 1.86. The lowest BCUT2D eigenvalue weighted by Gasteiger charge is -2.06. The van der Waals surface area contributed by atoms with Crippen molar-refractivity contribution < 1.29 is 14.7 Å². The molecule has 0 saturated carbocycles. The van der Waals surface area contributed by atoms with Crippen LogP contribution in [0.25, 0.3) is 0 Å². The van der Waals surface area contributed by atoms with Crippen molar-refractivity contribution in [2.24, 2.45) is 0 Å². The highest BCUT2D eigenvalue weighted by Gasteiger charge is 2.10. The molecule has 1 amide bonds. The Morgan fingerprint density at radius 3 is 2.65 bits per heavy atom. The van der Waals surface area contributed by atoms with Gasteiger partial charge in [0.25, 0.3) is 5.91 Å². The average molecular weight is 279 g/mol. The zero-order valence-electron chi connectivity index (χ0n) is 8.77. The Labute approximate surface area is 109 Å². The van der Waals surface area contributed by atoms with Crippen molar-refractivity contribution in [3.05, 3.63) is 28.8 Å². The number of hydrogen-bond acceptors (Lipinski definition) is 3. The molecule has 4 N–H and O–H groups in total. The molecule has 0 heterocycles. The molecule has 5 nitrogen and oxygen atoms in total. The predicted octanol–water partition coefficient (Wildman–Crippen LogP) is 1.55. The van der Waals surface area contributed by atoms with Crippen LogP contribution in [0.5, 0.6) is 0 Å². The molecule has 0 spiro atoms. The van der Waals surface area contributed by atoms with Crippen LogP contribution in [0.1, 0.15) is 16.8 Å². The standard InChI is InChI=1S/C10H11ClN2O3.ClH/c11-8-2-1-6(12)5-7(8)10(16)13-4-3-9(14)15;/h1-2,5H,3-4,12H2,(H,13,16)(H,14,15);1H. The molecule has 0 saturated heterocycles. The smallest absolute Gasteiger partial charge is 0.305 e. The zero-order valence-corrected chi connectivity index (χ0v) is 10.3. The van der Waals surface area contributed by atoms with Crippen LogP contribution in [-0.4, -0.2) is 23.5 Å². The molecule has 1 rings (SSSR count).